The average Bonchev–Trinajstić information content (AvgIpc) is 2.95. The molecule has 0 heterocycles. The minimum absolute atomic E-state index is 0.929. The molecule has 0 unspecified atom stereocenters. The predicted molar refractivity (Wildman–Crippen MR) is 58.0 cm³/mol. The SMILES string of the molecule is CCCCNCCN(CC)C1CC1. The van der Waals surface area contributed by atoms with Gasteiger partial charge in [-0.1, -0.05) is 20.3 Å². The molecule has 1 rings (SSSR count). The molecule has 1 fully saturated rings. The van der Waals surface area contributed by atoms with Crippen LogP contribution in [-0.2, 0) is 0 Å². The molecule has 1 aliphatic carbocycles. The van der Waals surface area contributed by atoms with E-state index in [2.05, 4.69) is 24.1 Å². The van der Waals surface area contributed by atoms with Crippen LogP contribution in [0.25, 0.3) is 0 Å². The van der Waals surface area contributed by atoms with Gasteiger partial charge in [-0.2, -0.15) is 0 Å². The maximum atomic E-state index is 3.49. The third-order valence-electron chi connectivity index (χ3n) is 2.75. The lowest BCUT2D eigenvalue weighted by Gasteiger charge is -2.19. The van der Waals surface area contributed by atoms with E-state index < -0.39 is 0 Å². The summed E-state index contributed by atoms with van der Waals surface area (Å²) in [6, 6.07) is 0.929. The summed E-state index contributed by atoms with van der Waals surface area (Å²) in [6.07, 6.45) is 5.48. The van der Waals surface area contributed by atoms with Crippen LogP contribution >= 0.6 is 0 Å². The first-order valence-electron chi connectivity index (χ1n) is 5.83. The minimum atomic E-state index is 0.929. The molecule has 1 N–H and O–H groups in total. The Balaban J connectivity index is 1.90. The number of likely N-dealkylation sites (N-methyl/N-ethyl adjacent to an activating group) is 1. The Kier molecular flexibility index (Phi) is 5.40. The van der Waals surface area contributed by atoms with Crippen LogP contribution in [0.1, 0.15) is 39.5 Å². The first kappa shape index (κ1) is 11.0. The third kappa shape index (κ3) is 4.63. The summed E-state index contributed by atoms with van der Waals surface area (Å²) in [5.41, 5.74) is 0. The lowest BCUT2D eigenvalue weighted by Crippen LogP contribution is -2.33. The molecule has 0 atom stereocenters. The summed E-state index contributed by atoms with van der Waals surface area (Å²) in [6.45, 7) is 9.34. The highest BCUT2D eigenvalue weighted by Crippen LogP contribution is 2.25. The number of rotatable bonds is 8. The smallest absolute Gasteiger partial charge is 0.0110 e. The minimum Gasteiger partial charge on any atom is -0.315 e. The van der Waals surface area contributed by atoms with E-state index >= 15 is 0 Å². The Morgan fingerprint density at radius 1 is 1.23 bits per heavy atom. The molecule has 13 heavy (non-hydrogen) atoms. The van der Waals surface area contributed by atoms with Gasteiger partial charge in [0.1, 0.15) is 0 Å². The molecule has 0 bridgehead atoms. The second-order valence-electron chi connectivity index (χ2n) is 3.96. The molecule has 1 saturated carbocycles. The van der Waals surface area contributed by atoms with Gasteiger partial charge in [0.25, 0.3) is 0 Å². The molecule has 0 aromatic heterocycles. The molecular weight excluding hydrogens is 160 g/mol. The van der Waals surface area contributed by atoms with Gasteiger partial charge in [0.2, 0.25) is 0 Å². The molecule has 2 nitrogen and oxygen atoms in total. The van der Waals surface area contributed by atoms with Crippen molar-refractivity contribution in [1.82, 2.24) is 10.2 Å². The largest absolute Gasteiger partial charge is 0.315 e. The summed E-state index contributed by atoms with van der Waals surface area (Å²) in [7, 11) is 0. The van der Waals surface area contributed by atoms with Gasteiger partial charge in [0, 0.05) is 19.1 Å². The van der Waals surface area contributed by atoms with Crippen molar-refractivity contribution in [3.05, 3.63) is 0 Å². The zero-order chi connectivity index (χ0) is 9.52. The van der Waals surface area contributed by atoms with Crippen molar-refractivity contribution in [1.29, 1.82) is 0 Å². The van der Waals surface area contributed by atoms with Crippen LogP contribution in [0.4, 0.5) is 0 Å². The van der Waals surface area contributed by atoms with Crippen molar-refractivity contribution in [3.8, 4) is 0 Å². The standard InChI is InChI=1S/C11H24N2/c1-3-5-8-12-9-10-13(4-2)11-6-7-11/h11-12H,3-10H2,1-2H3. The van der Waals surface area contributed by atoms with Gasteiger partial charge in [-0.3, -0.25) is 4.90 Å². The molecule has 0 radical (unpaired) electrons. The van der Waals surface area contributed by atoms with Crippen LogP contribution < -0.4 is 5.32 Å². The first-order chi connectivity index (χ1) is 6.38. The molecule has 0 saturated heterocycles. The summed E-state index contributed by atoms with van der Waals surface area (Å²) in [4.78, 5) is 2.60. The monoisotopic (exact) mass is 184 g/mol. The number of unbranched alkanes of at least 4 members (excludes halogenated alkanes) is 1. The fourth-order valence-electron chi connectivity index (χ4n) is 1.69. The topological polar surface area (TPSA) is 15.3 Å². The third-order valence-corrected chi connectivity index (χ3v) is 2.75. The zero-order valence-corrected chi connectivity index (χ0v) is 9.18. The summed E-state index contributed by atoms with van der Waals surface area (Å²) >= 11 is 0. The van der Waals surface area contributed by atoms with E-state index in [-0.39, 0.29) is 0 Å². The second kappa shape index (κ2) is 6.39. The number of nitrogens with one attached hydrogen (secondary N) is 1. The Hall–Kier alpha value is -0.0800. The fraction of sp³-hybridized carbons (Fsp3) is 1.00. The normalized spacial score (nSPS) is 16.8. The molecule has 0 aromatic carbocycles. The van der Waals surface area contributed by atoms with Crippen molar-refractivity contribution < 1.29 is 0 Å². The number of hydrogen-bond acceptors (Lipinski definition) is 2. The van der Waals surface area contributed by atoms with E-state index in [0.29, 0.717) is 0 Å². The van der Waals surface area contributed by atoms with Crippen LogP contribution in [-0.4, -0.2) is 37.1 Å². The zero-order valence-electron chi connectivity index (χ0n) is 9.18. The van der Waals surface area contributed by atoms with Crippen molar-refractivity contribution >= 4 is 0 Å². The van der Waals surface area contributed by atoms with Crippen LogP contribution in [0.15, 0.2) is 0 Å². The molecular formula is C11H24N2. The Morgan fingerprint density at radius 2 is 2.00 bits per heavy atom. The quantitative estimate of drug-likeness (QED) is 0.579. The van der Waals surface area contributed by atoms with Crippen LogP contribution in [0.3, 0.4) is 0 Å². The molecule has 0 spiro atoms. The van der Waals surface area contributed by atoms with Gasteiger partial charge < -0.3 is 5.32 Å². The van der Waals surface area contributed by atoms with Crippen molar-refractivity contribution in [2.75, 3.05) is 26.2 Å². The Labute approximate surface area is 82.7 Å². The highest BCUT2D eigenvalue weighted by atomic mass is 15.2. The number of nitrogens with zero attached hydrogens (tertiary/aromatic N) is 1. The maximum Gasteiger partial charge on any atom is 0.0110 e. The predicted octanol–water partition coefficient (Wildman–Crippen LogP) is 1.86. The number of hydrogen-bond donors (Lipinski definition) is 1. The molecule has 0 amide bonds. The summed E-state index contributed by atoms with van der Waals surface area (Å²) in [5, 5.41) is 3.49. The maximum absolute atomic E-state index is 3.49. The summed E-state index contributed by atoms with van der Waals surface area (Å²) < 4.78 is 0. The average molecular weight is 184 g/mol. The lowest BCUT2D eigenvalue weighted by atomic mass is 10.3. The van der Waals surface area contributed by atoms with Gasteiger partial charge >= 0.3 is 0 Å². The van der Waals surface area contributed by atoms with Crippen LogP contribution in [0.5, 0.6) is 0 Å². The van der Waals surface area contributed by atoms with Crippen molar-refractivity contribution in [2.24, 2.45) is 0 Å². The highest BCUT2D eigenvalue weighted by molar-refractivity contribution is 4.83. The van der Waals surface area contributed by atoms with Gasteiger partial charge in [0.05, 0.1) is 0 Å². The van der Waals surface area contributed by atoms with Crippen LogP contribution in [0, 0.1) is 0 Å². The van der Waals surface area contributed by atoms with Crippen molar-refractivity contribution in [3.63, 3.8) is 0 Å². The van der Waals surface area contributed by atoms with Gasteiger partial charge in [-0.15, -0.1) is 0 Å². The van der Waals surface area contributed by atoms with E-state index in [9.17, 15) is 0 Å². The van der Waals surface area contributed by atoms with Gasteiger partial charge in [-0.25, -0.2) is 0 Å². The summed E-state index contributed by atoms with van der Waals surface area (Å²) in [5.74, 6) is 0. The molecule has 78 valence electrons. The van der Waals surface area contributed by atoms with Gasteiger partial charge in [0.15, 0.2) is 0 Å². The highest BCUT2D eigenvalue weighted by Gasteiger charge is 2.26. The van der Waals surface area contributed by atoms with Gasteiger partial charge in [-0.05, 0) is 32.4 Å². The Morgan fingerprint density at radius 3 is 2.54 bits per heavy atom. The first-order valence-corrected chi connectivity index (χ1v) is 5.83. The van der Waals surface area contributed by atoms with E-state index in [1.165, 1.54) is 51.9 Å². The Bertz CT molecular complexity index is 121. The molecule has 0 aromatic rings. The fourth-order valence-corrected chi connectivity index (χ4v) is 1.69. The van der Waals surface area contributed by atoms with Crippen LogP contribution in [0.2, 0.25) is 0 Å². The van der Waals surface area contributed by atoms with E-state index in [4.69, 9.17) is 0 Å². The van der Waals surface area contributed by atoms with E-state index in [0.717, 1.165) is 6.04 Å². The molecule has 1 aliphatic rings. The molecule has 0 aliphatic heterocycles. The lowest BCUT2D eigenvalue weighted by molar-refractivity contribution is 0.277. The second-order valence-corrected chi connectivity index (χ2v) is 3.96. The molecule has 2 heteroatoms. The van der Waals surface area contributed by atoms with E-state index in [1.54, 1.807) is 0 Å². The van der Waals surface area contributed by atoms with E-state index in [1.807, 2.05) is 0 Å². The van der Waals surface area contributed by atoms with Crippen molar-refractivity contribution in [2.45, 2.75) is 45.6 Å².